The molecule has 1 aromatic heterocycles. The zero-order valence-corrected chi connectivity index (χ0v) is 17.5. The van der Waals surface area contributed by atoms with E-state index in [1.165, 1.54) is 30.3 Å². The number of rotatable bonds is 5. The van der Waals surface area contributed by atoms with Gasteiger partial charge in [-0.3, -0.25) is 4.79 Å². The monoisotopic (exact) mass is 483 g/mol. The van der Waals surface area contributed by atoms with Crippen LogP contribution in [-0.2, 0) is 6.18 Å². The van der Waals surface area contributed by atoms with Crippen molar-refractivity contribution in [1.29, 1.82) is 0 Å². The zero-order chi connectivity index (χ0) is 24.7. The van der Waals surface area contributed by atoms with Gasteiger partial charge in [0.05, 0.1) is 17.3 Å². The largest absolute Gasteiger partial charge is 0.573 e. The lowest BCUT2D eigenvalue weighted by Gasteiger charge is -2.28. The number of amides is 1. The summed E-state index contributed by atoms with van der Waals surface area (Å²) < 4.78 is 84.2. The Bertz CT molecular complexity index is 1220. The first-order valence-electron chi connectivity index (χ1n) is 10.3. The molecule has 0 unspecified atom stereocenters. The Balaban J connectivity index is 1.96. The summed E-state index contributed by atoms with van der Waals surface area (Å²) in [5.74, 6) is -0.942. The minimum Gasteiger partial charge on any atom is -0.406 e. The fraction of sp³-hybridized carbons (Fsp3) is 0.261. The quantitative estimate of drug-likeness (QED) is 0.480. The molecule has 1 aliphatic rings. The molecule has 4 rings (SSSR count). The van der Waals surface area contributed by atoms with E-state index in [0.29, 0.717) is 12.0 Å². The smallest absolute Gasteiger partial charge is 0.406 e. The van der Waals surface area contributed by atoms with Gasteiger partial charge in [0.25, 0.3) is 5.91 Å². The molecule has 0 aliphatic carbocycles. The van der Waals surface area contributed by atoms with E-state index >= 15 is 0 Å². The van der Waals surface area contributed by atoms with E-state index in [2.05, 4.69) is 10.1 Å². The molecule has 0 saturated heterocycles. The number of carbonyl (C=O) groups is 1. The summed E-state index contributed by atoms with van der Waals surface area (Å²) >= 11 is 0. The molecule has 34 heavy (non-hydrogen) atoms. The molecule has 1 aliphatic heterocycles. The van der Waals surface area contributed by atoms with Crippen LogP contribution in [0.5, 0.6) is 5.75 Å². The highest BCUT2D eigenvalue weighted by molar-refractivity contribution is 5.98. The summed E-state index contributed by atoms with van der Waals surface area (Å²) in [6.45, 7) is 0.463. The summed E-state index contributed by atoms with van der Waals surface area (Å²) in [7, 11) is 0. The number of nitrogens with one attached hydrogen (secondary N) is 1. The number of benzene rings is 2. The highest BCUT2D eigenvalue weighted by Gasteiger charge is 2.34. The Kier molecular flexibility index (Phi) is 6.07. The molecule has 2 aromatic carbocycles. The van der Waals surface area contributed by atoms with Gasteiger partial charge in [-0.25, -0.2) is 0 Å². The van der Waals surface area contributed by atoms with E-state index in [1.54, 1.807) is 4.57 Å². The third-order valence-corrected chi connectivity index (χ3v) is 5.47. The third-order valence-electron chi connectivity index (χ3n) is 5.47. The number of halogens is 6. The van der Waals surface area contributed by atoms with Crippen molar-refractivity contribution in [1.82, 2.24) is 9.88 Å². The number of nitrogens with zero attached hydrogens (tertiary/aromatic N) is 1. The van der Waals surface area contributed by atoms with Crippen molar-refractivity contribution in [3.8, 4) is 28.1 Å². The summed E-state index contributed by atoms with van der Waals surface area (Å²) in [6.07, 6.45) is -9.11. The van der Waals surface area contributed by atoms with Gasteiger partial charge in [0.15, 0.2) is 0 Å². The number of alkyl halides is 6. The van der Waals surface area contributed by atoms with Crippen molar-refractivity contribution in [2.24, 2.45) is 5.73 Å². The molecule has 1 atom stereocenters. The molecule has 0 saturated carbocycles. The van der Waals surface area contributed by atoms with Gasteiger partial charge in [-0.2, -0.15) is 13.2 Å². The average molecular weight is 483 g/mol. The van der Waals surface area contributed by atoms with Crippen LogP contribution in [0, 0.1) is 0 Å². The molecule has 0 fully saturated rings. The van der Waals surface area contributed by atoms with Crippen LogP contribution in [-0.4, -0.2) is 29.9 Å². The van der Waals surface area contributed by atoms with Crippen molar-refractivity contribution in [3.63, 3.8) is 0 Å². The Hall–Kier alpha value is -3.47. The average Bonchev–Trinajstić information content (AvgIpc) is 3.16. The summed E-state index contributed by atoms with van der Waals surface area (Å²) in [4.78, 5) is 12.6. The first kappa shape index (κ1) is 23.7. The first-order valence-corrected chi connectivity index (χ1v) is 10.3. The molecular formula is C23H19F6N3O2. The maximum absolute atomic E-state index is 13.4. The van der Waals surface area contributed by atoms with Crippen LogP contribution in [0.3, 0.4) is 0 Å². The summed E-state index contributed by atoms with van der Waals surface area (Å²) in [5, 5.41) is 2.73. The molecule has 0 radical (unpaired) electrons. The maximum atomic E-state index is 13.4. The number of hydrogen-bond acceptors (Lipinski definition) is 3. The SMILES string of the molecule is NCC[C@H]1CNC(=O)c2cc(-c3cccc(OC(F)(F)F)c3)c(-c3cccc(C(F)(F)F)c3)n21. The van der Waals surface area contributed by atoms with E-state index < -0.39 is 29.8 Å². The molecule has 11 heteroatoms. The third kappa shape index (κ3) is 4.74. The lowest BCUT2D eigenvalue weighted by Crippen LogP contribution is -2.39. The topological polar surface area (TPSA) is 69.3 Å². The minimum atomic E-state index is -4.92. The van der Waals surface area contributed by atoms with Crippen LogP contribution in [0.4, 0.5) is 26.3 Å². The van der Waals surface area contributed by atoms with Gasteiger partial charge >= 0.3 is 12.5 Å². The van der Waals surface area contributed by atoms with Gasteiger partial charge in [0.1, 0.15) is 11.4 Å². The molecular weight excluding hydrogens is 464 g/mol. The van der Waals surface area contributed by atoms with Gasteiger partial charge in [-0.15, -0.1) is 13.2 Å². The van der Waals surface area contributed by atoms with Gasteiger partial charge in [-0.05, 0) is 54.4 Å². The molecule has 0 spiro atoms. The van der Waals surface area contributed by atoms with Gasteiger partial charge in [0, 0.05) is 12.1 Å². The Morgan fingerprint density at radius 1 is 1.00 bits per heavy atom. The molecule has 180 valence electrons. The highest BCUT2D eigenvalue weighted by Crippen LogP contribution is 2.42. The van der Waals surface area contributed by atoms with Crippen LogP contribution in [0.1, 0.15) is 28.5 Å². The number of carbonyl (C=O) groups excluding carboxylic acids is 1. The lowest BCUT2D eigenvalue weighted by atomic mass is 9.99. The summed E-state index contributed by atoms with van der Waals surface area (Å²) in [5.41, 5.74) is 5.98. The van der Waals surface area contributed by atoms with E-state index in [0.717, 1.165) is 24.3 Å². The van der Waals surface area contributed by atoms with Gasteiger partial charge in [0.2, 0.25) is 0 Å². The second kappa shape index (κ2) is 8.71. The maximum Gasteiger partial charge on any atom is 0.573 e. The van der Waals surface area contributed by atoms with E-state index in [9.17, 15) is 31.1 Å². The predicted molar refractivity (Wildman–Crippen MR) is 112 cm³/mol. The Morgan fingerprint density at radius 2 is 1.71 bits per heavy atom. The number of hydrogen-bond donors (Lipinski definition) is 2. The predicted octanol–water partition coefficient (Wildman–Crippen LogP) is 5.37. The standard InChI is InChI=1S/C23H19F6N3O2/c24-22(25,26)15-5-1-4-14(9-15)20-18(13-3-2-6-17(10-13)34-23(27,28)29)11-19-21(33)31-12-16(7-8-30)32(19)20/h1-6,9-11,16H,7-8,12,30H2,(H,31,33)/t16-/m0/s1. The van der Waals surface area contributed by atoms with Crippen LogP contribution in [0.15, 0.2) is 54.6 Å². The zero-order valence-electron chi connectivity index (χ0n) is 17.5. The molecule has 3 aromatic rings. The van der Waals surface area contributed by atoms with E-state index in [-0.39, 0.29) is 41.6 Å². The summed E-state index contributed by atoms with van der Waals surface area (Å²) in [6, 6.07) is 10.8. The highest BCUT2D eigenvalue weighted by atomic mass is 19.4. The van der Waals surface area contributed by atoms with Crippen molar-refractivity contribution in [2.45, 2.75) is 25.0 Å². The Morgan fingerprint density at radius 3 is 2.38 bits per heavy atom. The van der Waals surface area contributed by atoms with Crippen molar-refractivity contribution in [3.05, 3.63) is 65.9 Å². The van der Waals surface area contributed by atoms with Crippen molar-refractivity contribution >= 4 is 5.91 Å². The molecule has 5 nitrogen and oxygen atoms in total. The normalized spacial score (nSPS) is 16.2. The fourth-order valence-corrected chi connectivity index (χ4v) is 4.11. The second-order valence-corrected chi connectivity index (χ2v) is 7.76. The number of ether oxygens (including phenoxy) is 1. The minimum absolute atomic E-state index is 0.162. The van der Waals surface area contributed by atoms with Gasteiger partial charge < -0.3 is 20.4 Å². The first-order chi connectivity index (χ1) is 16.0. The molecule has 2 heterocycles. The van der Waals surface area contributed by atoms with Crippen LogP contribution in [0.25, 0.3) is 22.4 Å². The molecule has 3 N–H and O–H groups in total. The number of nitrogens with two attached hydrogens (primary N) is 1. The van der Waals surface area contributed by atoms with E-state index in [1.807, 2.05) is 0 Å². The Labute approximate surface area is 190 Å². The van der Waals surface area contributed by atoms with E-state index in [4.69, 9.17) is 5.73 Å². The van der Waals surface area contributed by atoms with Crippen LogP contribution in [0.2, 0.25) is 0 Å². The molecule has 1 amide bonds. The second-order valence-electron chi connectivity index (χ2n) is 7.76. The lowest BCUT2D eigenvalue weighted by molar-refractivity contribution is -0.274. The van der Waals surface area contributed by atoms with Crippen molar-refractivity contribution < 1.29 is 35.9 Å². The van der Waals surface area contributed by atoms with Gasteiger partial charge in [-0.1, -0.05) is 24.3 Å². The number of fused-ring (bicyclic) bond motifs is 1. The number of aromatic nitrogens is 1. The van der Waals surface area contributed by atoms with Crippen LogP contribution >= 0.6 is 0 Å². The molecule has 0 bridgehead atoms. The van der Waals surface area contributed by atoms with Crippen molar-refractivity contribution in [2.75, 3.05) is 13.1 Å². The van der Waals surface area contributed by atoms with Crippen LogP contribution < -0.4 is 15.8 Å². The fourth-order valence-electron chi connectivity index (χ4n) is 4.11.